The summed E-state index contributed by atoms with van der Waals surface area (Å²) in [4.78, 5) is 28.7. The van der Waals surface area contributed by atoms with Crippen molar-refractivity contribution in [2.24, 2.45) is 0 Å². The highest BCUT2D eigenvalue weighted by Gasteiger charge is 2.33. The number of halogens is 1. The van der Waals surface area contributed by atoms with Gasteiger partial charge in [0.2, 0.25) is 0 Å². The van der Waals surface area contributed by atoms with Gasteiger partial charge in [-0.1, -0.05) is 23.7 Å². The van der Waals surface area contributed by atoms with E-state index in [9.17, 15) is 9.59 Å². The lowest BCUT2D eigenvalue weighted by Gasteiger charge is -2.35. The topological polar surface area (TPSA) is 52.6 Å². The number of ketones is 1. The van der Waals surface area contributed by atoms with Gasteiger partial charge in [-0.3, -0.25) is 4.79 Å². The van der Waals surface area contributed by atoms with Crippen molar-refractivity contribution in [2.75, 3.05) is 27.2 Å². The molecule has 2 amide bonds. The van der Waals surface area contributed by atoms with Crippen molar-refractivity contribution in [1.82, 2.24) is 15.1 Å². The minimum atomic E-state index is -0.280. The number of piperidine rings is 1. The first-order valence-electron chi connectivity index (χ1n) is 8.01. The second-order valence-corrected chi connectivity index (χ2v) is 6.89. The minimum absolute atomic E-state index is 0.00200. The number of likely N-dealkylation sites (tertiary alicyclic amines) is 1. The molecule has 1 heterocycles. The molecule has 1 fully saturated rings. The molecule has 0 bridgehead atoms. The predicted octanol–water partition coefficient (Wildman–Crippen LogP) is 2.70. The van der Waals surface area contributed by atoms with Crippen LogP contribution in [0.3, 0.4) is 0 Å². The number of fused-ring (bicyclic) bond motifs is 1. The molecule has 0 radical (unpaired) electrons. The van der Waals surface area contributed by atoms with Crippen LogP contribution in [0.4, 0.5) is 4.79 Å². The molecule has 0 aromatic heterocycles. The van der Waals surface area contributed by atoms with Gasteiger partial charge >= 0.3 is 6.03 Å². The maximum atomic E-state index is 12.5. The molecule has 0 saturated carbocycles. The lowest BCUT2D eigenvalue weighted by atomic mass is 10.0. The van der Waals surface area contributed by atoms with Gasteiger partial charge < -0.3 is 15.1 Å². The second-order valence-electron chi connectivity index (χ2n) is 6.48. The molecular weight excluding hydrogens is 314 g/mol. The molecule has 1 atom stereocenters. The fourth-order valence-electron chi connectivity index (χ4n) is 3.45. The molecule has 1 aliphatic carbocycles. The summed E-state index contributed by atoms with van der Waals surface area (Å²) in [5.41, 5.74) is 1.38. The number of urea groups is 1. The number of carbonyl (C=O) groups is 2. The number of nitrogens with one attached hydrogen (secondary N) is 1. The van der Waals surface area contributed by atoms with E-state index < -0.39 is 0 Å². The third-order valence-electron chi connectivity index (χ3n) is 4.94. The van der Waals surface area contributed by atoms with Crippen LogP contribution in [0.5, 0.6) is 0 Å². The zero-order valence-corrected chi connectivity index (χ0v) is 14.3. The molecule has 3 rings (SSSR count). The van der Waals surface area contributed by atoms with E-state index in [0.29, 0.717) is 10.6 Å². The first kappa shape index (κ1) is 16.3. The third-order valence-corrected chi connectivity index (χ3v) is 5.26. The van der Waals surface area contributed by atoms with Crippen LogP contribution in [-0.4, -0.2) is 54.8 Å². The SMILES string of the molecule is CN1CCC(N(C)C(=O)NC2CC(=O)c3c(Cl)cccc32)CC1. The average molecular weight is 336 g/mol. The number of hydrogen-bond donors (Lipinski definition) is 1. The normalized spacial score (nSPS) is 22.0. The van der Waals surface area contributed by atoms with Gasteiger partial charge in [0.05, 0.1) is 11.1 Å². The lowest BCUT2D eigenvalue weighted by Crippen LogP contribution is -2.48. The minimum Gasteiger partial charge on any atom is -0.331 e. The summed E-state index contributed by atoms with van der Waals surface area (Å²) in [5.74, 6) is -0.00200. The second kappa shape index (κ2) is 6.49. The van der Waals surface area contributed by atoms with E-state index >= 15 is 0 Å². The molecule has 1 unspecified atom stereocenters. The summed E-state index contributed by atoms with van der Waals surface area (Å²) >= 11 is 6.12. The highest BCUT2D eigenvalue weighted by Crippen LogP contribution is 2.35. The quantitative estimate of drug-likeness (QED) is 0.904. The monoisotopic (exact) mass is 335 g/mol. The third kappa shape index (κ3) is 3.21. The van der Waals surface area contributed by atoms with Crippen molar-refractivity contribution in [2.45, 2.75) is 31.3 Å². The van der Waals surface area contributed by atoms with Crippen molar-refractivity contribution in [3.63, 3.8) is 0 Å². The van der Waals surface area contributed by atoms with Gasteiger partial charge in [-0.2, -0.15) is 0 Å². The first-order valence-corrected chi connectivity index (χ1v) is 8.38. The Bertz CT molecular complexity index is 626. The standard InChI is InChI=1S/C17H22ClN3O2/c1-20-8-6-11(7-9-20)21(2)17(23)19-14-10-15(22)16-12(14)4-3-5-13(16)18/h3-5,11,14H,6-10H2,1-2H3,(H,19,23). The molecule has 1 aliphatic heterocycles. The smallest absolute Gasteiger partial charge is 0.317 e. The van der Waals surface area contributed by atoms with Gasteiger partial charge in [-0.05, 0) is 44.6 Å². The molecule has 1 saturated heterocycles. The average Bonchev–Trinajstić information content (AvgIpc) is 2.84. The van der Waals surface area contributed by atoms with E-state index in [4.69, 9.17) is 11.6 Å². The Morgan fingerprint density at radius 3 is 2.74 bits per heavy atom. The fourth-order valence-corrected chi connectivity index (χ4v) is 3.74. The summed E-state index contributed by atoms with van der Waals surface area (Å²) in [6, 6.07) is 5.25. The van der Waals surface area contributed by atoms with E-state index in [1.54, 1.807) is 11.0 Å². The van der Waals surface area contributed by atoms with E-state index in [1.165, 1.54) is 0 Å². The van der Waals surface area contributed by atoms with Crippen LogP contribution in [0.15, 0.2) is 18.2 Å². The Balaban J connectivity index is 1.67. The Labute approximate surface area is 141 Å². The van der Waals surface area contributed by atoms with E-state index in [1.807, 2.05) is 19.2 Å². The first-order chi connectivity index (χ1) is 11.0. The fraction of sp³-hybridized carbons (Fsp3) is 0.529. The van der Waals surface area contributed by atoms with Crippen molar-refractivity contribution in [3.05, 3.63) is 34.3 Å². The molecule has 1 aromatic carbocycles. The van der Waals surface area contributed by atoms with Crippen molar-refractivity contribution < 1.29 is 9.59 Å². The molecular formula is C17H22ClN3O2. The summed E-state index contributed by atoms with van der Waals surface area (Å²) in [5, 5.41) is 3.46. The molecule has 23 heavy (non-hydrogen) atoms. The van der Waals surface area contributed by atoms with Crippen LogP contribution in [0.2, 0.25) is 5.02 Å². The van der Waals surface area contributed by atoms with Gasteiger partial charge in [0.25, 0.3) is 0 Å². The number of Topliss-reactive ketones (excluding diaryl/α,β-unsaturated/α-hetero) is 1. The van der Waals surface area contributed by atoms with Gasteiger partial charge in [0.1, 0.15) is 0 Å². The van der Waals surface area contributed by atoms with Gasteiger partial charge in [0.15, 0.2) is 5.78 Å². The zero-order chi connectivity index (χ0) is 16.6. The Morgan fingerprint density at radius 1 is 1.35 bits per heavy atom. The number of nitrogens with zero attached hydrogens (tertiary/aromatic N) is 2. The summed E-state index contributed by atoms with van der Waals surface area (Å²) in [7, 11) is 3.93. The Morgan fingerprint density at radius 2 is 2.04 bits per heavy atom. The number of rotatable bonds is 2. The molecule has 124 valence electrons. The van der Waals surface area contributed by atoms with E-state index in [-0.39, 0.29) is 30.3 Å². The van der Waals surface area contributed by atoms with Gasteiger partial charge in [-0.15, -0.1) is 0 Å². The predicted molar refractivity (Wildman–Crippen MR) is 90.0 cm³/mol. The summed E-state index contributed by atoms with van der Waals surface area (Å²) < 4.78 is 0. The van der Waals surface area contributed by atoms with Crippen molar-refractivity contribution in [3.8, 4) is 0 Å². The highest BCUT2D eigenvalue weighted by atomic mass is 35.5. The van der Waals surface area contributed by atoms with Gasteiger partial charge in [0, 0.05) is 25.1 Å². The molecule has 0 spiro atoms. The highest BCUT2D eigenvalue weighted by molar-refractivity contribution is 6.34. The maximum Gasteiger partial charge on any atom is 0.317 e. The number of hydrogen-bond acceptors (Lipinski definition) is 3. The van der Waals surface area contributed by atoms with Crippen molar-refractivity contribution in [1.29, 1.82) is 0 Å². The molecule has 2 aliphatic rings. The van der Waals surface area contributed by atoms with Crippen LogP contribution < -0.4 is 5.32 Å². The largest absolute Gasteiger partial charge is 0.331 e. The van der Waals surface area contributed by atoms with Gasteiger partial charge in [-0.25, -0.2) is 4.79 Å². The van der Waals surface area contributed by atoms with Crippen molar-refractivity contribution >= 4 is 23.4 Å². The van der Waals surface area contributed by atoms with Crippen LogP contribution in [0, 0.1) is 0 Å². The van der Waals surface area contributed by atoms with E-state index in [0.717, 1.165) is 31.5 Å². The Hall–Kier alpha value is -1.59. The molecule has 1 N–H and O–H groups in total. The van der Waals surface area contributed by atoms with Crippen LogP contribution >= 0.6 is 11.6 Å². The maximum absolute atomic E-state index is 12.5. The molecule has 1 aromatic rings. The number of carbonyl (C=O) groups excluding carboxylic acids is 2. The van der Waals surface area contributed by atoms with Crippen LogP contribution in [0.25, 0.3) is 0 Å². The summed E-state index contributed by atoms with van der Waals surface area (Å²) in [6.45, 7) is 2.01. The lowest BCUT2D eigenvalue weighted by molar-refractivity contribution is 0.0985. The van der Waals surface area contributed by atoms with E-state index in [2.05, 4.69) is 17.3 Å². The van der Waals surface area contributed by atoms with Crippen LogP contribution in [0.1, 0.15) is 41.2 Å². The number of benzene rings is 1. The van der Waals surface area contributed by atoms with Crippen LogP contribution in [-0.2, 0) is 0 Å². The number of amides is 2. The Kier molecular flexibility index (Phi) is 4.60. The molecule has 5 nitrogen and oxygen atoms in total. The molecule has 6 heteroatoms. The zero-order valence-electron chi connectivity index (χ0n) is 13.5. The summed E-state index contributed by atoms with van der Waals surface area (Å²) in [6.07, 6.45) is 2.24.